The van der Waals surface area contributed by atoms with Crippen molar-refractivity contribution in [3.8, 4) is 0 Å². The van der Waals surface area contributed by atoms with Crippen LogP contribution in [-0.2, 0) is 6.54 Å². The highest BCUT2D eigenvalue weighted by molar-refractivity contribution is 8.02. The van der Waals surface area contributed by atoms with Gasteiger partial charge in [0, 0.05) is 28.8 Å². The number of pyridine rings is 1. The molecule has 0 saturated heterocycles. The van der Waals surface area contributed by atoms with E-state index in [4.69, 9.17) is 4.99 Å². The molecule has 1 aliphatic rings. The second kappa shape index (κ2) is 8.12. The normalized spacial score (nSPS) is 19.6. The van der Waals surface area contributed by atoms with Gasteiger partial charge in [0.2, 0.25) is 5.03 Å². The van der Waals surface area contributed by atoms with Crippen molar-refractivity contribution in [3.05, 3.63) is 70.9 Å². The molecule has 3 rings (SSSR count). The molecule has 0 spiro atoms. The first-order valence-corrected chi connectivity index (χ1v) is 9.49. The third-order valence-corrected chi connectivity index (χ3v) is 5.48. The average molecular weight is 372 g/mol. The molecule has 2 aromatic rings. The van der Waals surface area contributed by atoms with E-state index in [2.05, 4.69) is 30.2 Å². The van der Waals surface area contributed by atoms with Crippen molar-refractivity contribution in [2.75, 3.05) is 13.7 Å². The van der Waals surface area contributed by atoms with Crippen LogP contribution in [-0.4, -0.2) is 29.5 Å². The largest absolute Gasteiger partial charge is 0.273 e. The summed E-state index contributed by atoms with van der Waals surface area (Å²) in [6.07, 6.45) is 5.67. The number of hydrogen-bond donors (Lipinski definition) is 1. The Morgan fingerprint density at radius 3 is 2.73 bits per heavy atom. The zero-order chi connectivity index (χ0) is 18.6. The molecule has 1 aromatic carbocycles. The van der Waals surface area contributed by atoms with Gasteiger partial charge in [0.25, 0.3) is 0 Å². The van der Waals surface area contributed by atoms with Crippen molar-refractivity contribution in [3.63, 3.8) is 0 Å². The van der Waals surface area contributed by atoms with Gasteiger partial charge in [-0.3, -0.25) is 10.3 Å². The van der Waals surface area contributed by atoms with E-state index in [0.717, 1.165) is 27.7 Å². The summed E-state index contributed by atoms with van der Waals surface area (Å²) in [7, 11) is 1.94. The predicted octanol–water partition coefficient (Wildman–Crippen LogP) is 4.37. The lowest BCUT2D eigenvalue weighted by Crippen LogP contribution is -2.48. The maximum atomic E-state index is 13.7. The Morgan fingerprint density at radius 1 is 1.23 bits per heavy atom. The van der Waals surface area contributed by atoms with Crippen molar-refractivity contribution in [1.29, 1.82) is 0 Å². The minimum absolute atomic E-state index is 0.223. The smallest absolute Gasteiger partial charge is 0.201 e. The van der Waals surface area contributed by atoms with Gasteiger partial charge in [-0.2, -0.15) is 0 Å². The molecule has 1 aromatic heterocycles. The van der Waals surface area contributed by atoms with Crippen LogP contribution in [0, 0.1) is 11.7 Å². The van der Waals surface area contributed by atoms with Crippen LogP contribution in [0.4, 0.5) is 4.39 Å². The zero-order valence-electron chi connectivity index (χ0n) is 15.3. The van der Waals surface area contributed by atoms with Gasteiger partial charge in [0.1, 0.15) is 24.7 Å². The highest BCUT2D eigenvalue weighted by Gasteiger charge is 2.40. The number of aromatic nitrogens is 1. The number of hydrogen-bond acceptors (Lipinski definition) is 4. The number of thioether (sulfide) groups is 1. The molecule has 0 amide bonds. The molecule has 1 aliphatic heterocycles. The first-order chi connectivity index (χ1) is 12.5. The van der Waals surface area contributed by atoms with E-state index in [9.17, 15) is 4.39 Å². The Labute approximate surface area is 158 Å². The van der Waals surface area contributed by atoms with Crippen molar-refractivity contribution in [2.24, 2.45) is 10.9 Å². The molecule has 2 heterocycles. The van der Waals surface area contributed by atoms with Crippen LogP contribution in [0.5, 0.6) is 0 Å². The molecule has 1 unspecified atom stereocenters. The van der Waals surface area contributed by atoms with Crippen LogP contribution in [0.2, 0.25) is 0 Å². The van der Waals surface area contributed by atoms with E-state index in [1.807, 2.05) is 31.7 Å². The molecule has 0 saturated carbocycles. The molecule has 0 aliphatic carbocycles. The minimum atomic E-state index is -0.223. The molecule has 0 radical (unpaired) electrons. The second-order valence-corrected chi connectivity index (χ2v) is 7.78. The number of aliphatic imine (C=N–C) groups is 1. The van der Waals surface area contributed by atoms with Crippen LogP contribution < -0.4 is 5.32 Å². The highest BCUT2D eigenvalue weighted by atomic mass is 32.2. The maximum absolute atomic E-state index is 13.7. The number of benzene rings is 1. The molecule has 0 fully saturated rings. The van der Waals surface area contributed by atoms with E-state index >= 15 is 0 Å². The fourth-order valence-corrected chi connectivity index (χ4v) is 4.36. The standard InChI is InChI=1S/C20H24FN4S/c1-15(2)19-20(26-18-8-4-7-17(21)10-18)25(13-22-3,14-24-19)12-16-6-5-9-23-11-16/h4-11,14-15,22H,12-13H2,1-3H3/q+1. The Morgan fingerprint density at radius 2 is 2.08 bits per heavy atom. The summed E-state index contributed by atoms with van der Waals surface area (Å²) in [5.74, 6) is 0.0626. The number of allylic oxidation sites excluding steroid dienone is 1. The first kappa shape index (κ1) is 18.8. The van der Waals surface area contributed by atoms with E-state index < -0.39 is 0 Å². The third-order valence-electron chi connectivity index (χ3n) is 4.23. The number of halogens is 1. The van der Waals surface area contributed by atoms with Gasteiger partial charge in [0.05, 0.1) is 0 Å². The van der Waals surface area contributed by atoms with Gasteiger partial charge >= 0.3 is 0 Å². The topological polar surface area (TPSA) is 37.3 Å². The molecular weight excluding hydrogens is 347 g/mol. The first-order valence-electron chi connectivity index (χ1n) is 8.68. The SMILES string of the molecule is CNC[N+]1(Cc2cccnc2)C=NC(C(C)C)=C1Sc1cccc(F)c1. The number of quaternary nitrogens is 1. The molecule has 6 heteroatoms. The predicted molar refractivity (Wildman–Crippen MR) is 105 cm³/mol. The quantitative estimate of drug-likeness (QED) is 0.734. The Balaban J connectivity index is 2.02. The van der Waals surface area contributed by atoms with Crippen molar-refractivity contribution in [1.82, 2.24) is 10.3 Å². The fraction of sp³-hybridized carbons (Fsp3) is 0.300. The summed E-state index contributed by atoms with van der Waals surface area (Å²) in [4.78, 5) is 9.88. The molecule has 136 valence electrons. The lowest BCUT2D eigenvalue weighted by atomic mass is 10.1. The summed E-state index contributed by atoms with van der Waals surface area (Å²) in [6.45, 7) is 5.73. The molecule has 26 heavy (non-hydrogen) atoms. The summed E-state index contributed by atoms with van der Waals surface area (Å²) >= 11 is 1.59. The summed E-state index contributed by atoms with van der Waals surface area (Å²) in [5.41, 5.74) is 2.19. The third kappa shape index (κ3) is 4.03. The number of nitrogens with one attached hydrogen (secondary N) is 1. The Bertz CT molecular complexity index is 820. The molecule has 1 N–H and O–H groups in total. The van der Waals surface area contributed by atoms with Gasteiger partial charge < -0.3 is 0 Å². The Kier molecular flexibility index (Phi) is 5.86. The summed E-state index contributed by atoms with van der Waals surface area (Å²) < 4.78 is 14.3. The summed E-state index contributed by atoms with van der Waals surface area (Å²) in [5, 5.41) is 4.42. The van der Waals surface area contributed by atoms with Gasteiger partial charge in [-0.1, -0.05) is 26.0 Å². The monoisotopic (exact) mass is 371 g/mol. The van der Waals surface area contributed by atoms with Crippen molar-refractivity contribution >= 4 is 18.1 Å². The average Bonchev–Trinajstić information content (AvgIpc) is 2.94. The van der Waals surface area contributed by atoms with Crippen LogP contribution in [0.1, 0.15) is 19.4 Å². The highest BCUT2D eigenvalue weighted by Crippen LogP contribution is 2.42. The van der Waals surface area contributed by atoms with Crippen LogP contribution in [0.15, 0.2) is 69.4 Å². The minimum Gasteiger partial charge on any atom is -0.273 e. The van der Waals surface area contributed by atoms with Crippen molar-refractivity contribution in [2.45, 2.75) is 25.3 Å². The van der Waals surface area contributed by atoms with E-state index in [0.29, 0.717) is 11.2 Å². The number of nitrogens with zero attached hydrogens (tertiary/aromatic N) is 3. The van der Waals surface area contributed by atoms with E-state index in [1.54, 1.807) is 30.1 Å². The lowest BCUT2D eigenvalue weighted by molar-refractivity contribution is -0.802. The molecular formula is C20H24FN4S+. The zero-order valence-corrected chi connectivity index (χ0v) is 16.1. The maximum Gasteiger partial charge on any atom is 0.201 e. The molecule has 0 bridgehead atoms. The van der Waals surface area contributed by atoms with Gasteiger partial charge in [0.15, 0.2) is 6.34 Å². The Hall–Kier alpha value is -2.02. The van der Waals surface area contributed by atoms with Gasteiger partial charge in [-0.15, -0.1) is 0 Å². The van der Waals surface area contributed by atoms with Crippen LogP contribution in [0.25, 0.3) is 0 Å². The molecule has 4 nitrogen and oxygen atoms in total. The van der Waals surface area contributed by atoms with E-state index in [1.165, 1.54) is 6.07 Å². The fourth-order valence-electron chi connectivity index (χ4n) is 3.07. The summed E-state index contributed by atoms with van der Waals surface area (Å²) in [6, 6.07) is 10.8. The number of rotatable bonds is 7. The van der Waals surface area contributed by atoms with E-state index in [-0.39, 0.29) is 11.7 Å². The van der Waals surface area contributed by atoms with Gasteiger partial charge in [-0.25, -0.2) is 13.9 Å². The van der Waals surface area contributed by atoms with Crippen LogP contribution >= 0.6 is 11.8 Å². The van der Waals surface area contributed by atoms with Gasteiger partial charge in [-0.05, 0) is 43.1 Å². The van der Waals surface area contributed by atoms with Crippen LogP contribution in [0.3, 0.4) is 0 Å². The second-order valence-electron chi connectivity index (χ2n) is 6.71. The molecule has 1 atom stereocenters. The lowest BCUT2D eigenvalue weighted by Gasteiger charge is -2.32. The van der Waals surface area contributed by atoms with Crippen molar-refractivity contribution < 1.29 is 8.87 Å².